The Bertz CT molecular complexity index is 2080. The van der Waals surface area contributed by atoms with Crippen LogP contribution in [0.1, 0.15) is 125 Å². The first kappa shape index (κ1) is 41.5. The van der Waals surface area contributed by atoms with Crippen LogP contribution in [0.5, 0.6) is 17.2 Å². The van der Waals surface area contributed by atoms with Crippen molar-refractivity contribution < 1.29 is 34.7 Å². The third-order valence-corrected chi connectivity index (χ3v) is 12.6. The van der Waals surface area contributed by atoms with Gasteiger partial charge in [-0.2, -0.15) is 0 Å². The molecule has 1 fully saturated rings. The Morgan fingerprint density at radius 1 is 1.05 bits per heavy atom. The molecule has 11 nitrogen and oxygen atoms in total. The van der Waals surface area contributed by atoms with Gasteiger partial charge in [0, 0.05) is 42.9 Å². The highest BCUT2D eigenvalue weighted by Gasteiger charge is 2.48. The molecule has 0 amide bonds. The standard InChI is InChI=1S/C47H58N4O7/c1-3-5-6-10-35(42(56)24-33(52)9-4-2)40(54)15-12-29-23-44-43(25-41(29)55)57-20-19-47(17-7-8-18-47)37-14-16-39(53)34-13-11-30(45(48)49)21-31(34)22-32-26-50-38-28-51(27-36(32)38)46(37)58-44/h11,13,21,23,25-26,28,33,35,37,39,42,45-46,52-53,55-56H,3-10,12,15,17-18,22,24,27,48-49H2,1-2H3. The van der Waals surface area contributed by atoms with Crippen LogP contribution >= 0.6 is 0 Å². The monoisotopic (exact) mass is 790 g/mol. The molecule has 4 aliphatic heterocycles. The number of unbranched alkanes of at least 4 members (excludes halogenated alkanes) is 2. The van der Waals surface area contributed by atoms with Gasteiger partial charge in [-0.05, 0) is 78.8 Å². The number of aliphatic hydroxyl groups is 3. The Hall–Kier alpha value is -4.62. The number of carbonyl (C=O) groups is 1. The number of phenols is 1. The van der Waals surface area contributed by atoms with Crippen LogP contribution in [0.25, 0.3) is 0 Å². The summed E-state index contributed by atoms with van der Waals surface area (Å²) in [4.78, 5) is 20.7. The fraction of sp³-hybridized carbons (Fsp3) is 0.532. The number of ketones is 1. The fourth-order valence-corrected chi connectivity index (χ4v) is 9.29. The minimum Gasteiger partial charge on any atom is -0.508 e. The molecule has 11 heteroatoms. The predicted molar refractivity (Wildman–Crippen MR) is 222 cm³/mol. The van der Waals surface area contributed by atoms with Crippen LogP contribution in [-0.2, 0) is 17.6 Å². The molecule has 7 rings (SSSR count). The summed E-state index contributed by atoms with van der Waals surface area (Å²) >= 11 is 0. The van der Waals surface area contributed by atoms with E-state index in [1.165, 1.54) is 6.07 Å². The quantitative estimate of drug-likeness (QED) is 0.0756. The molecule has 1 spiro atoms. The number of allylic oxidation sites excluding steroid dienone is 1. The van der Waals surface area contributed by atoms with Gasteiger partial charge in [0.15, 0.2) is 17.7 Å². The molecule has 58 heavy (non-hydrogen) atoms. The van der Waals surface area contributed by atoms with Crippen molar-refractivity contribution in [2.45, 2.75) is 134 Å². The van der Waals surface area contributed by atoms with Gasteiger partial charge >= 0.3 is 0 Å². The number of carbonyl (C=O) groups excluding carboxylic acids is 1. The first-order valence-electron chi connectivity index (χ1n) is 21.2. The Kier molecular flexibility index (Phi) is 13.0. The zero-order chi connectivity index (χ0) is 41.0. The lowest BCUT2D eigenvalue weighted by atomic mass is 9.73. The number of aromatic hydroxyl groups is 1. The number of hydrogen-bond acceptors (Lipinski definition) is 11. The predicted octanol–water partition coefficient (Wildman–Crippen LogP) is 5.98. The van der Waals surface area contributed by atoms with E-state index in [1.807, 2.05) is 37.5 Å². The number of rotatable bonds is 14. The lowest BCUT2D eigenvalue weighted by molar-refractivity contribution is -0.127. The zero-order valence-electron chi connectivity index (χ0n) is 33.8. The molecule has 2 aromatic carbocycles. The van der Waals surface area contributed by atoms with Gasteiger partial charge in [0.25, 0.3) is 0 Å². The van der Waals surface area contributed by atoms with E-state index < -0.39 is 48.0 Å². The average Bonchev–Trinajstić information content (AvgIpc) is 3.94. The van der Waals surface area contributed by atoms with E-state index in [0.29, 0.717) is 42.7 Å². The Morgan fingerprint density at radius 2 is 1.86 bits per heavy atom. The highest BCUT2D eigenvalue weighted by molar-refractivity contribution is 5.87. The van der Waals surface area contributed by atoms with Crippen molar-refractivity contribution in [1.29, 1.82) is 0 Å². The summed E-state index contributed by atoms with van der Waals surface area (Å²) in [7, 11) is 0. The van der Waals surface area contributed by atoms with Crippen molar-refractivity contribution >= 4 is 12.0 Å². The normalized spacial score (nSPS) is 22.9. The topological polar surface area (TPSA) is 184 Å². The summed E-state index contributed by atoms with van der Waals surface area (Å²) in [6.45, 7) is 4.58. The van der Waals surface area contributed by atoms with Gasteiger partial charge in [0.05, 0.1) is 35.4 Å². The Morgan fingerprint density at radius 3 is 2.62 bits per heavy atom. The second-order valence-corrected chi connectivity index (χ2v) is 16.7. The van der Waals surface area contributed by atoms with Gasteiger partial charge in [-0.3, -0.25) is 9.79 Å². The molecule has 6 atom stereocenters. The maximum atomic E-state index is 13.8. The first-order chi connectivity index (χ1) is 28.0. The highest BCUT2D eigenvalue weighted by atomic mass is 16.5. The third-order valence-electron chi connectivity index (χ3n) is 12.6. The molecule has 0 radical (unpaired) electrons. The number of nitrogens with two attached hydrogens (primary N) is 2. The van der Waals surface area contributed by atoms with E-state index in [0.717, 1.165) is 79.3 Å². The molecule has 308 valence electrons. The van der Waals surface area contributed by atoms with E-state index in [1.54, 1.807) is 6.07 Å². The number of Topliss-reactive ketones (excluding diaryl/α,β-unsaturated/α-hetero) is 1. The van der Waals surface area contributed by atoms with E-state index in [2.05, 4.69) is 35.7 Å². The SMILES string of the molecule is CCCCCC(C(=O)CCc1cc2c(cc1O)OC#CC1(CCCC1)C1C#CC(O)c3ccc(C(N)N)cc3CC3=C4CN(C=C4N=C3)C1O2)C(O)CC(O)CCC. The lowest BCUT2D eigenvalue weighted by Gasteiger charge is -2.39. The van der Waals surface area contributed by atoms with E-state index in [4.69, 9.17) is 25.9 Å². The third kappa shape index (κ3) is 8.85. The van der Waals surface area contributed by atoms with Crippen LogP contribution in [-0.4, -0.2) is 62.3 Å². The van der Waals surface area contributed by atoms with Crippen molar-refractivity contribution in [2.24, 2.45) is 33.7 Å². The van der Waals surface area contributed by atoms with Crippen LogP contribution in [0.15, 0.2) is 58.4 Å². The number of ether oxygens (including phenoxy) is 2. The highest BCUT2D eigenvalue weighted by Crippen LogP contribution is 2.49. The van der Waals surface area contributed by atoms with E-state index >= 15 is 0 Å². The Labute approximate surface area is 342 Å². The molecule has 4 heterocycles. The number of benzene rings is 2. The summed E-state index contributed by atoms with van der Waals surface area (Å²) in [6, 6.07) is 8.85. The van der Waals surface area contributed by atoms with Gasteiger partial charge in [-0.15, -0.1) is 0 Å². The van der Waals surface area contributed by atoms with Crippen molar-refractivity contribution in [3.63, 3.8) is 0 Å². The second kappa shape index (κ2) is 18.1. The van der Waals surface area contributed by atoms with Crippen molar-refractivity contribution in [3.8, 4) is 41.1 Å². The smallest absolute Gasteiger partial charge is 0.187 e. The molecule has 8 N–H and O–H groups in total. The second-order valence-electron chi connectivity index (χ2n) is 16.7. The number of fused-ring (bicyclic) bond motifs is 6. The van der Waals surface area contributed by atoms with E-state index in [9.17, 15) is 25.2 Å². The molecule has 1 saturated carbocycles. The number of hydrogen-bond donors (Lipinski definition) is 6. The molecule has 1 aliphatic carbocycles. The summed E-state index contributed by atoms with van der Waals surface area (Å²) in [5, 5.41) is 44.6. The van der Waals surface area contributed by atoms with Crippen molar-refractivity contribution in [1.82, 2.24) is 4.90 Å². The maximum Gasteiger partial charge on any atom is 0.187 e. The van der Waals surface area contributed by atoms with E-state index in [-0.39, 0.29) is 36.5 Å². The van der Waals surface area contributed by atoms with Crippen molar-refractivity contribution in [3.05, 3.63) is 75.6 Å². The number of aliphatic imine (C=N–C) groups is 1. The van der Waals surface area contributed by atoms with Gasteiger partial charge in [-0.25, -0.2) is 0 Å². The van der Waals surface area contributed by atoms with Crippen LogP contribution < -0.4 is 20.9 Å². The van der Waals surface area contributed by atoms with Crippen LogP contribution in [0.4, 0.5) is 0 Å². The van der Waals surface area contributed by atoms with Gasteiger partial charge in [-0.1, -0.05) is 88.3 Å². The molecule has 5 aliphatic rings. The molecule has 0 saturated heterocycles. The fourth-order valence-electron chi connectivity index (χ4n) is 9.29. The zero-order valence-corrected chi connectivity index (χ0v) is 33.8. The average molecular weight is 791 g/mol. The summed E-state index contributed by atoms with van der Waals surface area (Å²) in [5.41, 5.74) is 17.3. The molecule has 2 bridgehead atoms. The summed E-state index contributed by atoms with van der Waals surface area (Å²) in [5.74, 6) is 9.50. The first-order valence-corrected chi connectivity index (χ1v) is 21.2. The summed E-state index contributed by atoms with van der Waals surface area (Å²) < 4.78 is 13.1. The van der Waals surface area contributed by atoms with Gasteiger partial charge in [0.1, 0.15) is 23.7 Å². The molecular formula is C47H58N4O7. The van der Waals surface area contributed by atoms with Gasteiger partial charge in [0.2, 0.25) is 0 Å². The van der Waals surface area contributed by atoms with Crippen molar-refractivity contribution in [2.75, 3.05) is 6.54 Å². The minimum absolute atomic E-state index is 0.0502. The minimum atomic E-state index is -1.11. The molecule has 2 aromatic rings. The Balaban J connectivity index is 1.23. The number of phenolic OH excluding ortho intramolecular Hbond substituents is 1. The largest absolute Gasteiger partial charge is 0.508 e. The number of aryl methyl sites for hydroxylation is 1. The molecule has 6 unspecified atom stereocenters. The lowest BCUT2D eigenvalue weighted by Crippen LogP contribution is -2.47. The maximum absolute atomic E-state index is 13.8. The number of aliphatic hydroxyl groups excluding tert-OH is 3. The molecular weight excluding hydrogens is 733 g/mol. The van der Waals surface area contributed by atoms with Crippen LogP contribution in [0, 0.1) is 41.1 Å². The van der Waals surface area contributed by atoms with Gasteiger partial charge < -0.3 is 46.3 Å². The van der Waals surface area contributed by atoms with Crippen LogP contribution in [0.3, 0.4) is 0 Å². The number of nitrogens with zero attached hydrogens (tertiary/aromatic N) is 2. The molecule has 0 aromatic heterocycles. The van der Waals surface area contributed by atoms with Crippen LogP contribution in [0.2, 0.25) is 0 Å². The summed E-state index contributed by atoms with van der Waals surface area (Å²) in [6.07, 6.45) is 11.8.